The van der Waals surface area contributed by atoms with E-state index in [4.69, 9.17) is 11.6 Å². The first kappa shape index (κ1) is 17.6. The van der Waals surface area contributed by atoms with E-state index in [-0.39, 0.29) is 0 Å². The predicted octanol–water partition coefficient (Wildman–Crippen LogP) is 3.18. The van der Waals surface area contributed by atoms with Gasteiger partial charge in [0.1, 0.15) is 0 Å². The fourth-order valence-electron chi connectivity index (χ4n) is 2.93. The summed E-state index contributed by atoms with van der Waals surface area (Å²) in [4.78, 5) is 28.7. The van der Waals surface area contributed by atoms with Crippen LogP contribution in [0.4, 0.5) is 0 Å². The average Bonchev–Trinajstić information content (AvgIpc) is 2.64. The SMILES string of the molecule is Cc1ccc(C(=O)C(=O)N2CCN(Cc3ccc(Cl)cc3)CC2)cc1. The summed E-state index contributed by atoms with van der Waals surface area (Å²) in [5, 5.41) is 0.730. The van der Waals surface area contributed by atoms with E-state index < -0.39 is 11.7 Å². The maximum atomic E-state index is 12.4. The molecule has 0 aromatic heterocycles. The van der Waals surface area contributed by atoms with E-state index in [9.17, 15) is 9.59 Å². The molecule has 0 radical (unpaired) electrons. The first-order valence-electron chi connectivity index (χ1n) is 8.40. The number of nitrogens with zero attached hydrogens (tertiary/aromatic N) is 2. The van der Waals surface area contributed by atoms with Gasteiger partial charge in [-0.1, -0.05) is 53.6 Å². The Morgan fingerprint density at radius 2 is 1.52 bits per heavy atom. The molecule has 2 aromatic carbocycles. The van der Waals surface area contributed by atoms with E-state index in [0.29, 0.717) is 18.7 Å². The molecule has 0 saturated carbocycles. The van der Waals surface area contributed by atoms with Crippen molar-refractivity contribution in [3.05, 3.63) is 70.2 Å². The third-order valence-corrected chi connectivity index (χ3v) is 4.74. The van der Waals surface area contributed by atoms with Gasteiger partial charge in [0, 0.05) is 43.3 Å². The Hall–Kier alpha value is -2.17. The summed E-state index contributed by atoms with van der Waals surface area (Å²) in [5.41, 5.74) is 2.72. The summed E-state index contributed by atoms with van der Waals surface area (Å²) in [6.45, 7) is 5.44. The molecular weight excluding hydrogens is 336 g/mol. The molecule has 4 nitrogen and oxygen atoms in total. The molecule has 5 heteroatoms. The lowest BCUT2D eigenvalue weighted by atomic mass is 10.1. The first-order chi connectivity index (χ1) is 12.0. The molecule has 2 aromatic rings. The Kier molecular flexibility index (Phi) is 5.51. The van der Waals surface area contributed by atoms with Crippen LogP contribution < -0.4 is 0 Å². The highest BCUT2D eigenvalue weighted by Crippen LogP contribution is 2.14. The Bertz CT molecular complexity index is 748. The largest absolute Gasteiger partial charge is 0.333 e. The van der Waals surface area contributed by atoms with Crippen LogP contribution in [0.15, 0.2) is 48.5 Å². The van der Waals surface area contributed by atoms with Crippen molar-refractivity contribution < 1.29 is 9.59 Å². The van der Waals surface area contributed by atoms with E-state index in [1.807, 2.05) is 43.3 Å². The van der Waals surface area contributed by atoms with Crippen LogP contribution in [0, 0.1) is 6.92 Å². The highest BCUT2D eigenvalue weighted by molar-refractivity contribution is 6.42. The number of piperazine rings is 1. The molecule has 1 amide bonds. The molecule has 3 rings (SSSR count). The van der Waals surface area contributed by atoms with Crippen molar-refractivity contribution in [2.24, 2.45) is 0 Å². The number of hydrogen-bond acceptors (Lipinski definition) is 3. The fourth-order valence-corrected chi connectivity index (χ4v) is 3.06. The maximum absolute atomic E-state index is 12.4. The van der Waals surface area contributed by atoms with Gasteiger partial charge < -0.3 is 4.90 Å². The molecule has 1 aliphatic rings. The summed E-state index contributed by atoms with van der Waals surface area (Å²) >= 11 is 5.91. The smallest absolute Gasteiger partial charge is 0.295 e. The highest BCUT2D eigenvalue weighted by atomic mass is 35.5. The molecule has 0 atom stereocenters. The number of rotatable bonds is 4. The van der Waals surface area contributed by atoms with Crippen molar-refractivity contribution >= 4 is 23.3 Å². The molecule has 0 aliphatic carbocycles. The van der Waals surface area contributed by atoms with Crippen molar-refractivity contribution in [3.8, 4) is 0 Å². The van der Waals surface area contributed by atoms with Crippen LogP contribution in [0.25, 0.3) is 0 Å². The monoisotopic (exact) mass is 356 g/mol. The summed E-state index contributed by atoms with van der Waals surface area (Å²) in [7, 11) is 0. The van der Waals surface area contributed by atoms with Crippen molar-refractivity contribution in [1.29, 1.82) is 0 Å². The highest BCUT2D eigenvalue weighted by Gasteiger charge is 2.26. The second-order valence-corrected chi connectivity index (χ2v) is 6.83. The van der Waals surface area contributed by atoms with Crippen molar-refractivity contribution in [3.63, 3.8) is 0 Å². The Morgan fingerprint density at radius 3 is 2.12 bits per heavy atom. The average molecular weight is 357 g/mol. The van der Waals surface area contributed by atoms with Gasteiger partial charge in [-0.15, -0.1) is 0 Å². The van der Waals surface area contributed by atoms with Crippen molar-refractivity contribution in [1.82, 2.24) is 9.80 Å². The zero-order valence-corrected chi connectivity index (χ0v) is 15.0. The van der Waals surface area contributed by atoms with Gasteiger partial charge in [0.15, 0.2) is 0 Å². The second kappa shape index (κ2) is 7.81. The quantitative estimate of drug-likeness (QED) is 0.624. The minimum Gasteiger partial charge on any atom is -0.333 e. The number of Topliss-reactive ketones (excluding diaryl/α,β-unsaturated/α-hetero) is 1. The molecule has 0 unspecified atom stereocenters. The summed E-state index contributed by atoms with van der Waals surface area (Å²) < 4.78 is 0. The molecular formula is C20H21ClN2O2. The molecule has 25 heavy (non-hydrogen) atoms. The Labute approximate surface area is 153 Å². The van der Waals surface area contributed by atoms with E-state index in [2.05, 4.69) is 4.90 Å². The first-order valence-corrected chi connectivity index (χ1v) is 8.78. The number of ketones is 1. The Balaban J connectivity index is 1.54. The minimum absolute atomic E-state index is 0.407. The molecule has 0 spiro atoms. The second-order valence-electron chi connectivity index (χ2n) is 6.39. The van der Waals surface area contributed by atoms with Gasteiger partial charge in [-0.3, -0.25) is 14.5 Å². The molecule has 1 aliphatic heterocycles. The van der Waals surface area contributed by atoms with Crippen LogP contribution in [-0.2, 0) is 11.3 Å². The van der Waals surface area contributed by atoms with Crippen LogP contribution in [0.5, 0.6) is 0 Å². The van der Waals surface area contributed by atoms with Gasteiger partial charge in [0.2, 0.25) is 5.78 Å². The molecule has 1 saturated heterocycles. The van der Waals surface area contributed by atoms with E-state index in [0.717, 1.165) is 30.2 Å². The lowest BCUT2D eigenvalue weighted by molar-refractivity contribution is -0.128. The third kappa shape index (κ3) is 4.47. The fraction of sp³-hybridized carbons (Fsp3) is 0.300. The molecule has 1 fully saturated rings. The van der Waals surface area contributed by atoms with Crippen LogP contribution in [-0.4, -0.2) is 47.7 Å². The van der Waals surface area contributed by atoms with Gasteiger partial charge >= 0.3 is 0 Å². The number of aryl methyl sites for hydroxylation is 1. The number of amides is 1. The molecule has 0 N–H and O–H groups in total. The number of carbonyl (C=O) groups is 2. The molecule has 0 bridgehead atoms. The predicted molar refractivity (Wildman–Crippen MR) is 98.8 cm³/mol. The van der Waals surface area contributed by atoms with Gasteiger partial charge in [-0.2, -0.15) is 0 Å². The number of hydrogen-bond donors (Lipinski definition) is 0. The Morgan fingerprint density at radius 1 is 0.920 bits per heavy atom. The number of halogens is 1. The number of carbonyl (C=O) groups excluding carboxylic acids is 2. The normalized spacial score (nSPS) is 15.2. The summed E-state index contributed by atoms with van der Waals surface area (Å²) in [6, 6.07) is 14.9. The van der Waals surface area contributed by atoms with Crippen LogP contribution in [0.3, 0.4) is 0 Å². The van der Waals surface area contributed by atoms with Gasteiger partial charge in [-0.05, 0) is 24.6 Å². The van der Waals surface area contributed by atoms with Crippen molar-refractivity contribution in [2.75, 3.05) is 26.2 Å². The zero-order chi connectivity index (χ0) is 17.8. The van der Waals surface area contributed by atoms with E-state index >= 15 is 0 Å². The number of benzene rings is 2. The molecule has 1 heterocycles. The van der Waals surface area contributed by atoms with Gasteiger partial charge in [-0.25, -0.2) is 0 Å². The molecule has 130 valence electrons. The van der Waals surface area contributed by atoms with Gasteiger partial charge in [0.25, 0.3) is 5.91 Å². The van der Waals surface area contributed by atoms with Gasteiger partial charge in [0.05, 0.1) is 0 Å². The van der Waals surface area contributed by atoms with E-state index in [1.54, 1.807) is 17.0 Å². The zero-order valence-electron chi connectivity index (χ0n) is 14.2. The standard InChI is InChI=1S/C20H21ClN2O2/c1-15-2-6-17(7-3-15)19(24)20(25)23-12-10-22(11-13-23)14-16-4-8-18(21)9-5-16/h2-9H,10-14H2,1H3. The lowest BCUT2D eigenvalue weighted by Gasteiger charge is -2.34. The topological polar surface area (TPSA) is 40.6 Å². The van der Waals surface area contributed by atoms with E-state index in [1.165, 1.54) is 5.56 Å². The maximum Gasteiger partial charge on any atom is 0.295 e. The van der Waals surface area contributed by atoms with Crippen LogP contribution >= 0.6 is 11.6 Å². The third-order valence-electron chi connectivity index (χ3n) is 4.49. The van der Waals surface area contributed by atoms with Crippen LogP contribution in [0.1, 0.15) is 21.5 Å². The summed E-state index contributed by atoms with van der Waals surface area (Å²) in [6.07, 6.45) is 0. The minimum atomic E-state index is -0.425. The van der Waals surface area contributed by atoms with Crippen LogP contribution in [0.2, 0.25) is 5.02 Å². The van der Waals surface area contributed by atoms with Crippen molar-refractivity contribution in [2.45, 2.75) is 13.5 Å². The lowest BCUT2D eigenvalue weighted by Crippen LogP contribution is -2.50. The summed E-state index contributed by atoms with van der Waals surface area (Å²) in [5.74, 6) is -0.832.